The molecule has 0 spiro atoms. The van der Waals surface area contributed by atoms with E-state index in [1.54, 1.807) is 11.0 Å². The first-order chi connectivity index (χ1) is 11.1. The molecule has 0 radical (unpaired) electrons. The molecule has 1 aliphatic carbocycles. The third kappa shape index (κ3) is 2.41. The number of nitrogens with zero attached hydrogens (tertiary/aromatic N) is 1. The second-order valence-electron chi connectivity index (χ2n) is 7.92. The standard InChI is InChI=1S/C19H25NO3S/c1-7-12-9-20(17(22)23-18(3,4)5)14-8-13(21)16-15(19(12,14)6)11(2)10-24-16/h8,10,12H,7,9H2,1-6H3/t12-,19+/m1/s1. The van der Waals surface area contributed by atoms with Gasteiger partial charge in [0.1, 0.15) is 5.60 Å². The number of ketones is 1. The fourth-order valence-electron chi connectivity index (χ4n) is 4.04. The maximum atomic E-state index is 12.7. The summed E-state index contributed by atoms with van der Waals surface area (Å²) < 4.78 is 5.58. The van der Waals surface area contributed by atoms with Gasteiger partial charge in [0.15, 0.2) is 5.78 Å². The van der Waals surface area contributed by atoms with E-state index in [0.717, 1.165) is 28.1 Å². The van der Waals surface area contributed by atoms with Crippen LogP contribution in [0.1, 0.15) is 61.8 Å². The van der Waals surface area contributed by atoms with Crippen LogP contribution in [0, 0.1) is 12.8 Å². The van der Waals surface area contributed by atoms with Gasteiger partial charge in [0.2, 0.25) is 0 Å². The van der Waals surface area contributed by atoms with Gasteiger partial charge in [0, 0.05) is 23.7 Å². The van der Waals surface area contributed by atoms with E-state index in [2.05, 4.69) is 20.8 Å². The molecule has 0 N–H and O–H groups in total. The Hall–Kier alpha value is -1.62. The van der Waals surface area contributed by atoms with Crippen molar-refractivity contribution in [3.05, 3.63) is 33.2 Å². The van der Waals surface area contributed by atoms with Gasteiger partial charge in [-0.3, -0.25) is 9.69 Å². The van der Waals surface area contributed by atoms with E-state index >= 15 is 0 Å². The normalized spacial score (nSPS) is 26.1. The van der Waals surface area contributed by atoms with Crippen LogP contribution in [0.3, 0.4) is 0 Å². The first kappa shape index (κ1) is 17.2. The van der Waals surface area contributed by atoms with Crippen LogP contribution >= 0.6 is 11.3 Å². The molecular weight excluding hydrogens is 322 g/mol. The van der Waals surface area contributed by atoms with E-state index in [4.69, 9.17) is 4.74 Å². The molecule has 24 heavy (non-hydrogen) atoms. The zero-order valence-electron chi connectivity index (χ0n) is 15.2. The summed E-state index contributed by atoms with van der Waals surface area (Å²) in [4.78, 5) is 27.8. The number of carbonyl (C=O) groups is 2. The van der Waals surface area contributed by atoms with Gasteiger partial charge in [0.05, 0.1) is 4.88 Å². The second-order valence-corrected chi connectivity index (χ2v) is 8.79. The summed E-state index contributed by atoms with van der Waals surface area (Å²) >= 11 is 1.51. The smallest absolute Gasteiger partial charge is 0.414 e. The number of hydrogen-bond acceptors (Lipinski definition) is 4. The molecule has 0 unspecified atom stereocenters. The minimum absolute atomic E-state index is 0.000821. The van der Waals surface area contributed by atoms with Crippen LogP contribution in [0.5, 0.6) is 0 Å². The number of hydrogen-bond donors (Lipinski definition) is 0. The van der Waals surface area contributed by atoms with Crippen molar-refractivity contribution in [2.24, 2.45) is 5.92 Å². The van der Waals surface area contributed by atoms with Crippen molar-refractivity contribution in [3.63, 3.8) is 0 Å². The minimum atomic E-state index is -0.555. The van der Waals surface area contributed by atoms with Crippen molar-refractivity contribution in [2.75, 3.05) is 6.54 Å². The predicted octanol–water partition coefficient (Wildman–Crippen LogP) is 4.67. The van der Waals surface area contributed by atoms with Crippen molar-refractivity contribution in [3.8, 4) is 0 Å². The molecule has 1 aromatic rings. The van der Waals surface area contributed by atoms with Gasteiger partial charge in [-0.15, -0.1) is 11.3 Å². The predicted molar refractivity (Wildman–Crippen MR) is 95.5 cm³/mol. The highest BCUT2D eigenvalue weighted by Gasteiger charge is 2.54. The van der Waals surface area contributed by atoms with Crippen molar-refractivity contribution in [1.82, 2.24) is 4.90 Å². The largest absolute Gasteiger partial charge is 0.443 e. The van der Waals surface area contributed by atoms with Crippen LogP contribution in [0.25, 0.3) is 0 Å². The topological polar surface area (TPSA) is 46.6 Å². The maximum absolute atomic E-state index is 12.7. The van der Waals surface area contributed by atoms with Crippen LogP contribution in [0.2, 0.25) is 0 Å². The van der Waals surface area contributed by atoms with Crippen molar-refractivity contribution in [2.45, 2.75) is 59.0 Å². The first-order valence-electron chi connectivity index (χ1n) is 8.45. The molecule has 2 aliphatic rings. The Morgan fingerprint density at radius 1 is 1.46 bits per heavy atom. The zero-order valence-corrected chi connectivity index (χ0v) is 16.0. The number of carbonyl (C=O) groups excluding carboxylic acids is 2. The molecule has 1 aromatic heterocycles. The molecule has 1 amide bonds. The molecule has 1 fully saturated rings. The third-order valence-corrected chi connectivity index (χ3v) is 6.25. The molecule has 0 aromatic carbocycles. The molecule has 1 saturated heterocycles. The number of allylic oxidation sites excluding steroid dienone is 2. The van der Waals surface area contributed by atoms with Gasteiger partial charge in [-0.2, -0.15) is 0 Å². The van der Waals surface area contributed by atoms with Gasteiger partial charge in [-0.05, 0) is 57.0 Å². The number of likely N-dealkylation sites (tertiary alicyclic amines) is 1. The second kappa shape index (κ2) is 5.45. The average molecular weight is 347 g/mol. The Bertz CT molecular complexity index is 740. The van der Waals surface area contributed by atoms with Crippen LogP contribution in [0.4, 0.5) is 4.79 Å². The van der Waals surface area contributed by atoms with Crippen LogP contribution < -0.4 is 0 Å². The summed E-state index contributed by atoms with van der Waals surface area (Å²) in [6, 6.07) is 0. The van der Waals surface area contributed by atoms with Crippen LogP contribution in [0.15, 0.2) is 17.2 Å². The number of amides is 1. The Morgan fingerprint density at radius 2 is 2.12 bits per heavy atom. The summed E-state index contributed by atoms with van der Waals surface area (Å²) in [7, 11) is 0. The lowest BCUT2D eigenvalue weighted by atomic mass is 9.67. The highest BCUT2D eigenvalue weighted by molar-refractivity contribution is 7.12. The third-order valence-electron chi connectivity index (χ3n) is 5.13. The average Bonchev–Trinajstić information content (AvgIpc) is 2.97. The Balaban J connectivity index is 2.10. The molecule has 0 bridgehead atoms. The van der Waals surface area contributed by atoms with Gasteiger partial charge < -0.3 is 4.74 Å². The van der Waals surface area contributed by atoms with Crippen molar-refractivity contribution < 1.29 is 14.3 Å². The van der Waals surface area contributed by atoms with E-state index in [1.165, 1.54) is 11.3 Å². The Labute approximate surface area is 147 Å². The lowest BCUT2D eigenvalue weighted by Crippen LogP contribution is -2.38. The zero-order chi connectivity index (χ0) is 17.9. The highest BCUT2D eigenvalue weighted by Crippen LogP contribution is 2.53. The Kier molecular flexibility index (Phi) is 3.91. The van der Waals surface area contributed by atoms with Crippen LogP contribution in [-0.2, 0) is 10.2 Å². The number of rotatable bonds is 1. The molecule has 5 heteroatoms. The van der Waals surface area contributed by atoms with Gasteiger partial charge in [0.25, 0.3) is 0 Å². The maximum Gasteiger partial charge on any atom is 0.414 e. The SMILES string of the molecule is CC[C@@H]1CN(C(=O)OC(C)(C)C)C2=CC(=O)c3scc(C)c3[C@]21C. The summed E-state index contributed by atoms with van der Waals surface area (Å²) in [5.41, 5.74) is 2.18. The fraction of sp³-hybridized carbons (Fsp3) is 0.579. The van der Waals surface area contributed by atoms with Gasteiger partial charge in [-0.1, -0.05) is 13.3 Å². The molecule has 3 rings (SSSR count). The monoisotopic (exact) mass is 347 g/mol. The van der Waals surface area contributed by atoms with E-state index in [0.29, 0.717) is 6.54 Å². The fourth-order valence-corrected chi connectivity index (χ4v) is 5.12. The van der Waals surface area contributed by atoms with E-state index in [9.17, 15) is 9.59 Å². The molecule has 130 valence electrons. The molecule has 4 nitrogen and oxygen atoms in total. The summed E-state index contributed by atoms with van der Waals surface area (Å²) in [6.45, 7) is 12.5. The summed E-state index contributed by atoms with van der Waals surface area (Å²) in [5, 5.41) is 2.05. The molecule has 2 heterocycles. The number of fused-ring (bicyclic) bond motifs is 3. The summed E-state index contributed by atoms with van der Waals surface area (Å²) in [6.07, 6.45) is 2.23. The summed E-state index contributed by atoms with van der Waals surface area (Å²) in [5.74, 6) is 0.275. The molecule has 0 saturated carbocycles. The van der Waals surface area contributed by atoms with Crippen LogP contribution in [-0.4, -0.2) is 28.9 Å². The quantitative estimate of drug-likeness (QED) is 0.741. The van der Waals surface area contributed by atoms with Gasteiger partial charge >= 0.3 is 6.09 Å². The number of ether oxygens (including phenoxy) is 1. The van der Waals surface area contributed by atoms with E-state index in [1.807, 2.05) is 26.2 Å². The van der Waals surface area contributed by atoms with E-state index in [-0.39, 0.29) is 23.2 Å². The molecular formula is C19H25NO3S. The lowest BCUT2D eigenvalue weighted by Gasteiger charge is -2.36. The molecule has 1 aliphatic heterocycles. The number of aryl methyl sites for hydroxylation is 1. The van der Waals surface area contributed by atoms with E-state index < -0.39 is 5.60 Å². The first-order valence-corrected chi connectivity index (χ1v) is 9.33. The number of thiophene rings is 1. The molecule has 2 atom stereocenters. The van der Waals surface area contributed by atoms with Crippen molar-refractivity contribution >= 4 is 23.2 Å². The Morgan fingerprint density at radius 3 is 2.71 bits per heavy atom. The van der Waals surface area contributed by atoms with Gasteiger partial charge in [-0.25, -0.2) is 4.79 Å². The minimum Gasteiger partial charge on any atom is -0.443 e. The lowest BCUT2D eigenvalue weighted by molar-refractivity contribution is 0.0329. The highest BCUT2D eigenvalue weighted by atomic mass is 32.1. The van der Waals surface area contributed by atoms with Crippen molar-refractivity contribution in [1.29, 1.82) is 0 Å².